The van der Waals surface area contributed by atoms with Crippen LogP contribution in [0.1, 0.15) is 37.1 Å². The highest BCUT2D eigenvalue weighted by molar-refractivity contribution is 8.22. The SMILES string of the molecule is CC(C)(C)C1SC(c2ccccc2)=C[C@H](c2ccccc2)S1. The van der Waals surface area contributed by atoms with E-state index in [0.29, 0.717) is 9.83 Å². The van der Waals surface area contributed by atoms with Crippen LogP contribution in [-0.2, 0) is 0 Å². The van der Waals surface area contributed by atoms with Gasteiger partial charge in [-0.1, -0.05) is 87.5 Å². The molecule has 0 N–H and O–H groups in total. The summed E-state index contributed by atoms with van der Waals surface area (Å²) in [6.07, 6.45) is 2.43. The summed E-state index contributed by atoms with van der Waals surface area (Å²) in [5.41, 5.74) is 3.01. The van der Waals surface area contributed by atoms with Gasteiger partial charge in [0.2, 0.25) is 0 Å². The Morgan fingerprint density at radius 2 is 1.41 bits per heavy atom. The van der Waals surface area contributed by atoms with Crippen LogP contribution in [0.4, 0.5) is 0 Å². The van der Waals surface area contributed by atoms with Gasteiger partial charge >= 0.3 is 0 Å². The fourth-order valence-corrected chi connectivity index (χ4v) is 5.71. The van der Waals surface area contributed by atoms with Crippen LogP contribution in [0.15, 0.2) is 66.7 Å². The minimum Gasteiger partial charge on any atom is -0.134 e. The zero-order chi connectivity index (χ0) is 15.6. The third-order valence-electron chi connectivity index (χ3n) is 3.70. The summed E-state index contributed by atoms with van der Waals surface area (Å²) >= 11 is 4.09. The van der Waals surface area contributed by atoms with E-state index in [1.54, 1.807) is 0 Å². The summed E-state index contributed by atoms with van der Waals surface area (Å²) < 4.78 is 0.554. The standard InChI is InChI=1S/C20H22S2/c1-20(2,3)19-21-17(15-10-6-4-7-11-15)14-18(22-19)16-12-8-5-9-13-16/h4-14,17,19H,1-3H3/t17-,19?/m1/s1. The van der Waals surface area contributed by atoms with E-state index in [0.717, 1.165) is 0 Å². The maximum atomic E-state index is 2.43. The number of hydrogen-bond donors (Lipinski definition) is 0. The van der Waals surface area contributed by atoms with Crippen molar-refractivity contribution in [2.45, 2.75) is 30.6 Å². The summed E-state index contributed by atoms with van der Waals surface area (Å²) in [5.74, 6) is 0. The Morgan fingerprint density at radius 3 is 2.00 bits per heavy atom. The van der Waals surface area contributed by atoms with Gasteiger partial charge in [-0.3, -0.25) is 0 Å². The van der Waals surface area contributed by atoms with E-state index >= 15 is 0 Å². The topological polar surface area (TPSA) is 0 Å². The van der Waals surface area contributed by atoms with Gasteiger partial charge in [-0.05, 0) is 16.5 Å². The highest BCUT2D eigenvalue weighted by atomic mass is 32.2. The Balaban J connectivity index is 1.98. The van der Waals surface area contributed by atoms with Gasteiger partial charge < -0.3 is 0 Å². The normalized spacial score (nSPS) is 22.2. The second-order valence-corrected chi connectivity index (χ2v) is 9.38. The lowest BCUT2D eigenvalue weighted by Gasteiger charge is -2.36. The minimum atomic E-state index is 0.274. The molecule has 2 aromatic carbocycles. The van der Waals surface area contributed by atoms with E-state index in [1.165, 1.54) is 16.0 Å². The van der Waals surface area contributed by atoms with E-state index in [2.05, 4.69) is 99.3 Å². The van der Waals surface area contributed by atoms with Gasteiger partial charge in [0.15, 0.2) is 0 Å². The van der Waals surface area contributed by atoms with Crippen LogP contribution in [0, 0.1) is 5.41 Å². The molecule has 0 fully saturated rings. The van der Waals surface area contributed by atoms with Gasteiger partial charge in [-0.25, -0.2) is 0 Å². The number of benzene rings is 2. The molecule has 22 heavy (non-hydrogen) atoms. The quantitative estimate of drug-likeness (QED) is 0.608. The van der Waals surface area contributed by atoms with Crippen LogP contribution < -0.4 is 0 Å². The highest BCUT2D eigenvalue weighted by Gasteiger charge is 2.33. The fourth-order valence-electron chi connectivity index (χ4n) is 2.46. The minimum absolute atomic E-state index is 0.274. The van der Waals surface area contributed by atoms with Crippen molar-refractivity contribution in [3.63, 3.8) is 0 Å². The fraction of sp³-hybridized carbons (Fsp3) is 0.300. The molecule has 2 aromatic rings. The zero-order valence-electron chi connectivity index (χ0n) is 13.3. The molecule has 0 aromatic heterocycles. The second kappa shape index (κ2) is 6.55. The van der Waals surface area contributed by atoms with Crippen molar-refractivity contribution in [1.29, 1.82) is 0 Å². The molecule has 1 unspecified atom stereocenters. The lowest BCUT2D eigenvalue weighted by molar-refractivity contribution is 0.459. The molecular weight excluding hydrogens is 304 g/mol. The van der Waals surface area contributed by atoms with Crippen LogP contribution >= 0.6 is 23.5 Å². The highest BCUT2D eigenvalue weighted by Crippen LogP contribution is 2.55. The van der Waals surface area contributed by atoms with Crippen molar-refractivity contribution in [2.75, 3.05) is 0 Å². The number of thioether (sulfide) groups is 2. The average Bonchev–Trinajstić information content (AvgIpc) is 2.55. The third kappa shape index (κ3) is 3.61. The second-order valence-electron chi connectivity index (χ2n) is 6.68. The third-order valence-corrected chi connectivity index (χ3v) is 7.53. The van der Waals surface area contributed by atoms with E-state index in [9.17, 15) is 0 Å². The average molecular weight is 327 g/mol. The Kier molecular flexibility index (Phi) is 4.70. The van der Waals surface area contributed by atoms with E-state index in [4.69, 9.17) is 0 Å². The molecular formula is C20H22S2. The summed E-state index contributed by atoms with van der Waals surface area (Å²) in [6.45, 7) is 7.02. The van der Waals surface area contributed by atoms with Crippen LogP contribution in [0.2, 0.25) is 0 Å². The van der Waals surface area contributed by atoms with Crippen molar-refractivity contribution < 1.29 is 0 Å². The smallest absolute Gasteiger partial charge is 0.0607 e. The molecule has 0 saturated carbocycles. The first kappa shape index (κ1) is 15.8. The molecule has 0 aliphatic carbocycles. The van der Waals surface area contributed by atoms with Gasteiger partial charge in [0.25, 0.3) is 0 Å². The van der Waals surface area contributed by atoms with Crippen LogP contribution in [0.5, 0.6) is 0 Å². The van der Waals surface area contributed by atoms with Crippen LogP contribution in [0.3, 0.4) is 0 Å². The van der Waals surface area contributed by atoms with Gasteiger partial charge in [0, 0.05) is 4.91 Å². The van der Waals surface area contributed by atoms with Crippen LogP contribution in [0.25, 0.3) is 4.91 Å². The maximum absolute atomic E-state index is 2.43. The first-order chi connectivity index (χ1) is 10.5. The van der Waals surface area contributed by atoms with Crippen molar-refractivity contribution in [3.05, 3.63) is 77.9 Å². The van der Waals surface area contributed by atoms with Crippen LogP contribution in [-0.4, -0.2) is 4.58 Å². The predicted octanol–water partition coefficient (Wildman–Crippen LogP) is 6.62. The van der Waals surface area contributed by atoms with E-state index in [1.807, 2.05) is 11.8 Å². The monoisotopic (exact) mass is 326 g/mol. The molecule has 0 spiro atoms. The summed E-state index contributed by atoms with van der Waals surface area (Å²) in [6, 6.07) is 21.6. The number of rotatable bonds is 2. The van der Waals surface area contributed by atoms with Crippen molar-refractivity contribution in [1.82, 2.24) is 0 Å². The Hall–Kier alpha value is -1.12. The van der Waals surface area contributed by atoms with Crippen molar-refractivity contribution in [3.8, 4) is 0 Å². The molecule has 2 heteroatoms. The summed E-state index contributed by atoms with van der Waals surface area (Å²) in [7, 11) is 0. The molecule has 0 amide bonds. The molecule has 1 heterocycles. The molecule has 1 aliphatic heterocycles. The Bertz CT molecular complexity index is 638. The molecule has 2 atom stereocenters. The first-order valence-corrected chi connectivity index (χ1v) is 9.50. The van der Waals surface area contributed by atoms with E-state index < -0.39 is 0 Å². The molecule has 114 valence electrons. The summed E-state index contributed by atoms with van der Waals surface area (Å²) in [5, 5.41) is 0.432. The molecule has 3 rings (SSSR count). The molecule has 0 radical (unpaired) electrons. The van der Waals surface area contributed by atoms with Gasteiger partial charge in [0.1, 0.15) is 0 Å². The van der Waals surface area contributed by atoms with E-state index in [-0.39, 0.29) is 5.41 Å². The Labute approximate surface area is 142 Å². The molecule has 0 bridgehead atoms. The maximum Gasteiger partial charge on any atom is 0.0607 e. The molecule has 0 saturated heterocycles. The lowest BCUT2D eigenvalue weighted by atomic mass is 10.00. The zero-order valence-corrected chi connectivity index (χ0v) is 15.0. The van der Waals surface area contributed by atoms with Gasteiger partial charge in [-0.2, -0.15) is 0 Å². The van der Waals surface area contributed by atoms with Gasteiger partial charge in [0.05, 0.1) is 9.83 Å². The lowest BCUT2D eigenvalue weighted by Crippen LogP contribution is -2.23. The van der Waals surface area contributed by atoms with Gasteiger partial charge in [-0.15, -0.1) is 23.5 Å². The molecule has 0 nitrogen and oxygen atoms in total. The first-order valence-electron chi connectivity index (χ1n) is 7.68. The number of hydrogen-bond acceptors (Lipinski definition) is 2. The summed E-state index contributed by atoms with van der Waals surface area (Å²) in [4.78, 5) is 1.41. The van der Waals surface area contributed by atoms with Crippen molar-refractivity contribution >= 4 is 28.4 Å². The molecule has 1 aliphatic rings. The Morgan fingerprint density at radius 1 is 0.818 bits per heavy atom. The van der Waals surface area contributed by atoms with Crippen molar-refractivity contribution in [2.24, 2.45) is 5.41 Å². The predicted molar refractivity (Wildman–Crippen MR) is 102 cm³/mol. The largest absolute Gasteiger partial charge is 0.134 e.